The van der Waals surface area contributed by atoms with Crippen LogP contribution in [0.3, 0.4) is 0 Å². The van der Waals surface area contributed by atoms with Gasteiger partial charge in [-0.1, -0.05) is 47.5 Å². The lowest BCUT2D eigenvalue weighted by molar-refractivity contribution is 0.0726. The van der Waals surface area contributed by atoms with E-state index < -0.39 is 0 Å². The third-order valence-electron chi connectivity index (χ3n) is 2.76. The van der Waals surface area contributed by atoms with Crippen molar-refractivity contribution < 1.29 is 9.53 Å². The molecule has 0 N–H and O–H groups in total. The van der Waals surface area contributed by atoms with Crippen LogP contribution in [0.5, 0.6) is 0 Å². The van der Waals surface area contributed by atoms with Crippen molar-refractivity contribution in [2.45, 2.75) is 13.5 Å². The standard InChI is InChI=1S/C16H15ClO2/c1-12-3-2-4-14(9-12)16(18)11-19-10-13-5-7-15(17)8-6-13/h2-9H,10-11H2,1H3. The molecule has 0 amide bonds. The first-order valence-electron chi connectivity index (χ1n) is 6.07. The molecule has 3 heteroatoms. The molecule has 2 aromatic carbocycles. The van der Waals surface area contributed by atoms with E-state index in [1.165, 1.54) is 0 Å². The van der Waals surface area contributed by atoms with Crippen LogP contribution in [-0.4, -0.2) is 12.4 Å². The molecule has 0 fully saturated rings. The van der Waals surface area contributed by atoms with Crippen LogP contribution in [0, 0.1) is 6.92 Å². The van der Waals surface area contributed by atoms with Gasteiger partial charge in [0.15, 0.2) is 5.78 Å². The monoisotopic (exact) mass is 274 g/mol. The summed E-state index contributed by atoms with van der Waals surface area (Å²) in [5, 5.41) is 0.694. The lowest BCUT2D eigenvalue weighted by Gasteiger charge is -2.05. The van der Waals surface area contributed by atoms with Gasteiger partial charge in [0.1, 0.15) is 6.61 Å². The van der Waals surface area contributed by atoms with E-state index in [1.54, 1.807) is 6.07 Å². The van der Waals surface area contributed by atoms with Crippen LogP contribution in [0.1, 0.15) is 21.5 Å². The van der Waals surface area contributed by atoms with Crippen molar-refractivity contribution in [2.24, 2.45) is 0 Å². The van der Waals surface area contributed by atoms with Crippen LogP contribution >= 0.6 is 11.6 Å². The summed E-state index contributed by atoms with van der Waals surface area (Å²) in [4.78, 5) is 11.9. The molecule has 0 aromatic heterocycles. The van der Waals surface area contributed by atoms with Gasteiger partial charge in [-0.2, -0.15) is 0 Å². The molecule has 0 bridgehead atoms. The largest absolute Gasteiger partial charge is 0.369 e. The van der Waals surface area contributed by atoms with Crippen LogP contribution in [0.25, 0.3) is 0 Å². The Labute approximate surface area is 118 Å². The van der Waals surface area contributed by atoms with E-state index in [4.69, 9.17) is 16.3 Å². The summed E-state index contributed by atoms with van der Waals surface area (Å²) in [7, 11) is 0. The summed E-state index contributed by atoms with van der Waals surface area (Å²) < 4.78 is 5.42. The van der Waals surface area contributed by atoms with E-state index in [0.717, 1.165) is 11.1 Å². The van der Waals surface area contributed by atoms with E-state index in [-0.39, 0.29) is 12.4 Å². The van der Waals surface area contributed by atoms with Gasteiger partial charge in [0.2, 0.25) is 0 Å². The quantitative estimate of drug-likeness (QED) is 0.769. The van der Waals surface area contributed by atoms with Gasteiger partial charge in [0.05, 0.1) is 6.61 Å². The molecule has 2 rings (SSSR count). The maximum Gasteiger partial charge on any atom is 0.188 e. The number of halogens is 1. The minimum atomic E-state index is -0.00216. The number of rotatable bonds is 5. The molecule has 0 radical (unpaired) electrons. The number of benzene rings is 2. The smallest absolute Gasteiger partial charge is 0.188 e. The minimum absolute atomic E-state index is 0.00216. The first-order valence-corrected chi connectivity index (χ1v) is 6.45. The Morgan fingerprint density at radius 1 is 1.16 bits per heavy atom. The average Bonchev–Trinajstić information content (AvgIpc) is 2.41. The molecule has 0 aliphatic carbocycles. The lowest BCUT2D eigenvalue weighted by atomic mass is 10.1. The Morgan fingerprint density at radius 3 is 2.58 bits per heavy atom. The first-order chi connectivity index (χ1) is 9.15. The summed E-state index contributed by atoms with van der Waals surface area (Å²) in [6.07, 6.45) is 0. The highest BCUT2D eigenvalue weighted by molar-refractivity contribution is 6.30. The summed E-state index contributed by atoms with van der Waals surface area (Å²) in [6, 6.07) is 14.9. The van der Waals surface area contributed by atoms with Crippen molar-refractivity contribution in [3.63, 3.8) is 0 Å². The first kappa shape index (κ1) is 13.8. The van der Waals surface area contributed by atoms with Crippen molar-refractivity contribution in [3.8, 4) is 0 Å². The molecular weight excluding hydrogens is 260 g/mol. The van der Waals surface area contributed by atoms with E-state index in [1.807, 2.05) is 49.4 Å². The number of ether oxygens (including phenoxy) is 1. The van der Waals surface area contributed by atoms with Crippen molar-refractivity contribution >= 4 is 17.4 Å². The Bertz CT molecular complexity index is 561. The number of carbonyl (C=O) groups is 1. The predicted octanol–water partition coefficient (Wildman–Crippen LogP) is 4.05. The van der Waals surface area contributed by atoms with Crippen molar-refractivity contribution in [1.82, 2.24) is 0 Å². The van der Waals surface area contributed by atoms with Crippen molar-refractivity contribution in [3.05, 3.63) is 70.2 Å². The molecule has 0 aliphatic rings. The van der Waals surface area contributed by atoms with E-state index in [9.17, 15) is 4.79 Å². The molecule has 98 valence electrons. The van der Waals surface area contributed by atoms with E-state index >= 15 is 0 Å². The molecule has 2 nitrogen and oxygen atoms in total. The fourth-order valence-corrected chi connectivity index (χ4v) is 1.87. The molecule has 0 heterocycles. The zero-order valence-electron chi connectivity index (χ0n) is 10.7. The molecule has 0 aliphatic heterocycles. The number of carbonyl (C=O) groups excluding carboxylic acids is 1. The van der Waals surface area contributed by atoms with Gasteiger partial charge in [0, 0.05) is 10.6 Å². The summed E-state index contributed by atoms with van der Waals surface area (Å²) in [5.41, 5.74) is 2.76. The molecule has 0 saturated carbocycles. The van der Waals surface area contributed by atoms with Gasteiger partial charge < -0.3 is 4.74 Å². The van der Waals surface area contributed by atoms with Gasteiger partial charge in [-0.25, -0.2) is 0 Å². The van der Waals surface area contributed by atoms with Gasteiger partial charge >= 0.3 is 0 Å². The SMILES string of the molecule is Cc1cccc(C(=O)COCc2ccc(Cl)cc2)c1. The second kappa shape index (κ2) is 6.50. The molecule has 0 atom stereocenters. The molecule has 0 spiro atoms. The summed E-state index contributed by atoms with van der Waals surface area (Å²) >= 11 is 5.80. The van der Waals surface area contributed by atoms with Gasteiger partial charge in [-0.15, -0.1) is 0 Å². The van der Waals surface area contributed by atoms with Crippen LogP contribution < -0.4 is 0 Å². The fraction of sp³-hybridized carbons (Fsp3) is 0.188. The van der Waals surface area contributed by atoms with Crippen LogP contribution in [0.4, 0.5) is 0 Å². The van der Waals surface area contributed by atoms with Gasteiger partial charge in [-0.05, 0) is 30.7 Å². The molecule has 19 heavy (non-hydrogen) atoms. The van der Waals surface area contributed by atoms with Crippen molar-refractivity contribution in [2.75, 3.05) is 6.61 Å². The predicted molar refractivity (Wildman–Crippen MR) is 76.6 cm³/mol. The molecule has 2 aromatic rings. The number of aryl methyl sites for hydroxylation is 1. The van der Waals surface area contributed by atoms with Crippen LogP contribution in [0.15, 0.2) is 48.5 Å². The number of hydrogen-bond donors (Lipinski definition) is 0. The topological polar surface area (TPSA) is 26.3 Å². The number of Topliss-reactive ketones (excluding diaryl/α,β-unsaturated/α-hetero) is 1. The van der Waals surface area contributed by atoms with Gasteiger partial charge in [0.25, 0.3) is 0 Å². The lowest BCUT2D eigenvalue weighted by Crippen LogP contribution is -2.09. The molecular formula is C16H15ClO2. The maximum absolute atomic E-state index is 11.9. The number of ketones is 1. The summed E-state index contributed by atoms with van der Waals surface area (Å²) in [5.74, 6) is -0.00216. The van der Waals surface area contributed by atoms with E-state index in [2.05, 4.69) is 0 Å². The minimum Gasteiger partial charge on any atom is -0.369 e. The van der Waals surface area contributed by atoms with Crippen LogP contribution in [-0.2, 0) is 11.3 Å². The molecule has 0 unspecified atom stereocenters. The third-order valence-corrected chi connectivity index (χ3v) is 3.01. The second-order valence-electron chi connectivity index (χ2n) is 4.41. The Hall–Kier alpha value is -1.64. The Balaban J connectivity index is 1.86. The normalized spacial score (nSPS) is 10.4. The highest BCUT2D eigenvalue weighted by Gasteiger charge is 2.05. The third kappa shape index (κ3) is 4.19. The fourth-order valence-electron chi connectivity index (χ4n) is 1.74. The summed E-state index contributed by atoms with van der Waals surface area (Å²) in [6.45, 7) is 2.46. The molecule has 0 saturated heterocycles. The Morgan fingerprint density at radius 2 is 1.89 bits per heavy atom. The van der Waals surface area contributed by atoms with Crippen LogP contribution in [0.2, 0.25) is 5.02 Å². The van der Waals surface area contributed by atoms with E-state index in [0.29, 0.717) is 17.2 Å². The highest BCUT2D eigenvalue weighted by Crippen LogP contribution is 2.11. The highest BCUT2D eigenvalue weighted by atomic mass is 35.5. The van der Waals surface area contributed by atoms with Crippen molar-refractivity contribution in [1.29, 1.82) is 0 Å². The average molecular weight is 275 g/mol. The maximum atomic E-state index is 11.9. The zero-order valence-corrected chi connectivity index (χ0v) is 11.5. The van der Waals surface area contributed by atoms with Gasteiger partial charge in [-0.3, -0.25) is 4.79 Å². The zero-order chi connectivity index (χ0) is 13.7. The second-order valence-corrected chi connectivity index (χ2v) is 4.85. The number of hydrogen-bond acceptors (Lipinski definition) is 2. The Kier molecular flexibility index (Phi) is 4.72.